The van der Waals surface area contributed by atoms with Crippen molar-refractivity contribution in [1.82, 2.24) is 4.31 Å². The monoisotopic (exact) mass is 539 g/mol. The molecular weight excluding hydrogens is 502 g/mol. The van der Waals surface area contributed by atoms with E-state index >= 15 is 0 Å². The summed E-state index contributed by atoms with van der Waals surface area (Å²) in [5.41, 5.74) is 3.63. The molecule has 204 valence electrons. The smallest absolute Gasteiger partial charge is 0.243 e. The molecule has 8 heteroatoms. The fourth-order valence-corrected chi connectivity index (χ4v) is 6.36. The molecule has 0 fully saturated rings. The maximum Gasteiger partial charge on any atom is 0.243 e. The molecule has 1 heterocycles. The van der Waals surface area contributed by atoms with Crippen molar-refractivity contribution in [1.29, 1.82) is 0 Å². The quantitative estimate of drug-likeness (QED) is 0.336. The van der Waals surface area contributed by atoms with E-state index in [0.29, 0.717) is 36.0 Å². The Morgan fingerprint density at radius 1 is 0.789 bits per heavy atom. The lowest BCUT2D eigenvalue weighted by Gasteiger charge is -2.37. The molecule has 4 rings (SSSR count). The van der Waals surface area contributed by atoms with Crippen LogP contribution < -0.4 is 18.9 Å². The highest BCUT2D eigenvalue weighted by molar-refractivity contribution is 7.89. The Bertz CT molecular complexity index is 1380. The van der Waals surface area contributed by atoms with Gasteiger partial charge in [-0.1, -0.05) is 23.8 Å². The van der Waals surface area contributed by atoms with Crippen LogP contribution in [-0.4, -0.2) is 45.7 Å². The van der Waals surface area contributed by atoms with Crippen molar-refractivity contribution in [3.8, 4) is 23.0 Å². The fraction of sp³-hybridized carbons (Fsp3) is 0.400. The first-order valence-corrected chi connectivity index (χ1v) is 14.3. The van der Waals surface area contributed by atoms with Crippen LogP contribution in [0.15, 0.2) is 59.5 Å². The van der Waals surface area contributed by atoms with Gasteiger partial charge in [0.05, 0.1) is 37.4 Å². The van der Waals surface area contributed by atoms with Crippen LogP contribution in [0.3, 0.4) is 0 Å². The summed E-state index contributed by atoms with van der Waals surface area (Å²) in [6.07, 6.45) is 0.414. The SMILES string of the molecule is COc1cc2c(cc1OC)C(c1ccc(OC(C)C)c(OC(C)C)c1)N(S(=O)(=O)c1ccc(C)cc1)CC2. The van der Waals surface area contributed by atoms with Crippen LogP contribution in [0, 0.1) is 6.92 Å². The van der Waals surface area contributed by atoms with Crippen molar-refractivity contribution in [3.05, 3.63) is 76.9 Å². The molecule has 0 bridgehead atoms. The molecular formula is C30H37NO6S. The molecule has 0 N–H and O–H groups in total. The maximum absolute atomic E-state index is 14.1. The van der Waals surface area contributed by atoms with Crippen LogP contribution in [0.4, 0.5) is 0 Å². The second-order valence-corrected chi connectivity index (χ2v) is 11.9. The van der Waals surface area contributed by atoms with E-state index < -0.39 is 16.1 Å². The summed E-state index contributed by atoms with van der Waals surface area (Å²) in [6, 6.07) is 15.9. The van der Waals surface area contributed by atoms with Gasteiger partial charge in [-0.2, -0.15) is 4.31 Å². The van der Waals surface area contributed by atoms with E-state index in [1.807, 2.05) is 77.1 Å². The minimum atomic E-state index is -3.83. The minimum Gasteiger partial charge on any atom is -0.493 e. The minimum absolute atomic E-state index is 0.0408. The first-order chi connectivity index (χ1) is 18.0. The second-order valence-electron chi connectivity index (χ2n) is 10.0. The summed E-state index contributed by atoms with van der Waals surface area (Å²) in [7, 11) is -0.652. The Labute approximate surface area is 226 Å². The van der Waals surface area contributed by atoms with Gasteiger partial charge in [-0.3, -0.25) is 0 Å². The number of hydrogen-bond acceptors (Lipinski definition) is 6. The average Bonchev–Trinajstić information content (AvgIpc) is 2.87. The second kappa shape index (κ2) is 11.3. The lowest BCUT2D eigenvalue weighted by atomic mass is 9.89. The lowest BCUT2D eigenvalue weighted by molar-refractivity contribution is 0.198. The van der Waals surface area contributed by atoms with Gasteiger partial charge in [-0.15, -0.1) is 0 Å². The molecule has 0 spiro atoms. The zero-order valence-electron chi connectivity index (χ0n) is 23.1. The van der Waals surface area contributed by atoms with Gasteiger partial charge < -0.3 is 18.9 Å². The van der Waals surface area contributed by atoms with Crippen LogP contribution in [0.25, 0.3) is 0 Å². The maximum atomic E-state index is 14.1. The number of methoxy groups -OCH3 is 2. The van der Waals surface area contributed by atoms with Gasteiger partial charge in [0.1, 0.15) is 0 Å². The third-order valence-electron chi connectivity index (χ3n) is 6.47. The molecule has 0 saturated heterocycles. The highest BCUT2D eigenvalue weighted by Gasteiger charge is 2.38. The average molecular weight is 540 g/mol. The van der Waals surface area contributed by atoms with Gasteiger partial charge >= 0.3 is 0 Å². The van der Waals surface area contributed by atoms with Crippen LogP contribution in [0.1, 0.15) is 56.0 Å². The zero-order valence-corrected chi connectivity index (χ0v) is 24.0. The van der Waals surface area contributed by atoms with E-state index in [9.17, 15) is 8.42 Å². The molecule has 0 radical (unpaired) electrons. The molecule has 0 aromatic heterocycles. The number of ether oxygens (including phenoxy) is 4. The molecule has 0 aliphatic carbocycles. The van der Waals surface area contributed by atoms with Gasteiger partial charge in [-0.05, 0) is 94.1 Å². The summed E-state index contributed by atoms with van der Waals surface area (Å²) in [5.74, 6) is 2.36. The Hall–Kier alpha value is -3.23. The van der Waals surface area contributed by atoms with Gasteiger partial charge in [0.2, 0.25) is 10.0 Å². The Balaban J connectivity index is 1.92. The predicted molar refractivity (Wildman–Crippen MR) is 148 cm³/mol. The van der Waals surface area contributed by atoms with Crippen LogP contribution in [0.2, 0.25) is 0 Å². The van der Waals surface area contributed by atoms with E-state index in [-0.39, 0.29) is 17.1 Å². The van der Waals surface area contributed by atoms with Crippen molar-refractivity contribution in [3.63, 3.8) is 0 Å². The number of nitrogens with zero attached hydrogens (tertiary/aromatic N) is 1. The molecule has 1 atom stereocenters. The molecule has 3 aromatic carbocycles. The van der Waals surface area contributed by atoms with Crippen molar-refractivity contribution in [2.75, 3.05) is 20.8 Å². The fourth-order valence-electron chi connectivity index (χ4n) is 4.77. The lowest BCUT2D eigenvalue weighted by Crippen LogP contribution is -2.40. The molecule has 0 saturated carbocycles. The largest absolute Gasteiger partial charge is 0.493 e. The molecule has 1 aliphatic heterocycles. The number of fused-ring (bicyclic) bond motifs is 1. The normalized spacial score (nSPS) is 15.9. The molecule has 1 unspecified atom stereocenters. The zero-order chi connectivity index (χ0) is 27.6. The summed E-state index contributed by atoms with van der Waals surface area (Å²) >= 11 is 0. The highest BCUT2D eigenvalue weighted by Crippen LogP contribution is 2.45. The molecule has 7 nitrogen and oxygen atoms in total. The van der Waals surface area contributed by atoms with E-state index in [2.05, 4.69) is 0 Å². The first-order valence-electron chi connectivity index (χ1n) is 12.9. The summed E-state index contributed by atoms with van der Waals surface area (Å²) in [6.45, 7) is 10.1. The van der Waals surface area contributed by atoms with Crippen molar-refractivity contribution in [2.24, 2.45) is 0 Å². The van der Waals surface area contributed by atoms with Crippen LogP contribution in [-0.2, 0) is 16.4 Å². The Morgan fingerprint density at radius 3 is 2.00 bits per heavy atom. The highest BCUT2D eigenvalue weighted by atomic mass is 32.2. The van der Waals surface area contributed by atoms with Crippen molar-refractivity contribution < 1.29 is 27.4 Å². The molecule has 3 aromatic rings. The molecule has 38 heavy (non-hydrogen) atoms. The predicted octanol–water partition coefficient (Wildman–Crippen LogP) is 5.92. The third kappa shape index (κ3) is 5.61. The van der Waals surface area contributed by atoms with E-state index in [1.165, 1.54) is 0 Å². The van der Waals surface area contributed by atoms with Crippen LogP contribution in [0.5, 0.6) is 23.0 Å². The Kier molecular flexibility index (Phi) is 8.23. The first kappa shape index (κ1) is 27.8. The van der Waals surface area contributed by atoms with Gasteiger partial charge in [0, 0.05) is 6.54 Å². The number of rotatable bonds is 9. The summed E-state index contributed by atoms with van der Waals surface area (Å²) in [4.78, 5) is 0.260. The molecule has 0 amide bonds. The van der Waals surface area contributed by atoms with Crippen LogP contribution >= 0.6 is 0 Å². The van der Waals surface area contributed by atoms with E-state index in [1.54, 1.807) is 30.7 Å². The summed E-state index contributed by atoms with van der Waals surface area (Å²) in [5, 5.41) is 0. The molecule has 1 aliphatic rings. The number of aryl methyl sites for hydroxylation is 1. The van der Waals surface area contributed by atoms with Gasteiger partial charge in [0.15, 0.2) is 23.0 Å². The third-order valence-corrected chi connectivity index (χ3v) is 8.34. The standard InChI is InChI=1S/C30H37NO6S/c1-19(2)36-26-13-10-23(17-29(26)37-20(3)4)30-25-18-28(35-7)27(34-6)16-22(25)14-15-31(30)38(32,33)24-11-8-21(5)9-12-24/h8-13,16-20,30H,14-15H2,1-7H3. The Morgan fingerprint density at radius 2 is 1.39 bits per heavy atom. The van der Waals surface area contributed by atoms with Gasteiger partial charge in [0.25, 0.3) is 0 Å². The van der Waals surface area contributed by atoms with Crippen molar-refractivity contribution >= 4 is 10.0 Å². The number of benzene rings is 3. The number of sulfonamides is 1. The van der Waals surface area contributed by atoms with Gasteiger partial charge in [-0.25, -0.2) is 8.42 Å². The number of hydrogen-bond donors (Lipinski definition) is 0. The van der Waals surface area contributed by atoms with E-state index in [4.69, 9.17) is 18.9 Å². The topological polar surface area (TPSA) is 74.3 Å². The van der Waals surface area contributed by atoms with Crippen molar-refractivity contribution in [2.45, 2.75) is 64.2 Å². The summed E-state index contributed by atoms with van der Waals surface area (Å²) < 4.78 is 53.0. The van der Waals surface area contributed by atoms with E-state index in [0.717, 1.165) is 22.3 Å².